The fraction of sp³-hybridized carbons (Fsp3) is 0.444. The van der Waals surface area contributed by atoms with Crippen LogP contribution in [0.2, 0.25) is 0 Å². The number of nitrogens with one attached hydrogen (secondary N) is 2. The molecule has 2 aromatic rings. The second-order valence-electron chi connectivity index (χ2n) is 9.40. The molecule has 1 unspecified atom stereocenters. The number of carbonyl (C=O) groups is 3. The van der Waals surface area contributed by atoms with Gasteiger partial charge in [0, 0.05) is 36.6 Å². The van der Waals surface area contributed by atoms with Crippen LogP contribution in [0.5, 0.6) is 17.2 Å². The number of hydrogen-bond acceptors (Lipinski definition) is 6. The summed E-state index contributed by atoms with van der Waals surface area (Å²) in [6, 6.07) is 11.4. The number of fused-ring (bicyclic) bond motifs is 11. The van der Waals surface area contributed by atoms with Crippen molar-refractivity contribution in [1.82, 2.24) is 10.2 Å². The summed E-state index contributed by atoms with van der Waals surface area (Å²) in [6.45, 7) is 1.38. The summed E-state index contributed by atoms with van der Waals surface area (Å²) >= 11 is 0. The second-order valence-corrected chi connectivity index (χ2v) is 9.40. The van der Waals surface area contributed by atoms with E-state index in [1.54, 1.807) is 12.0 Å². The molecule has 6 rings (SSSR count). The number of carbonyl (C=O) groups excluding carboxylic acids is 3. The van der Waals surface area contributed by atoms with Crippen molar-refractivity contribution < 1.29 is 28.6 Å². The molecule has 4 aliphatic rings. The van der Waals surface area contributed by atoms with E-state index in [0.717, 1.165) is 24.0 Å². The van der Waals surface area contributed by atoms with Gasteiger partial charge in [0.1, 0.15) is 12.4 Å². The van der Waals surface area contributed by atoms with E-state index < -0.39 is 0 Å². The van der Waals surface area contributed by atoms with Gasteiger partial charge in [-0.3, -0.25) is 14.4 Å². The molecule has 3 heterocycles. The van der Waals surface area contributed by atoms with Crippen LogP contribution in [0.25, 0.3) is 0 Å². The largest absolute Gasteiger partial charge is 0.493 e. The fourth-order valence-corrected chi connectivity index (χ4v) is 4.74. The molecule has 3 aliphatic heterocycles. The minimum atomic E-state index is -0.221. The summed E-state index contributed by atoms with van der Waals surface area (Å²) < 4.78 is 17.4. The summed E-state index contributed by atoms with van der Waals surface area (Å²) in [5.74, 6) is 1.41. The molecular formula is C27H31N3O6. The summed E-state index contributed by atoms with van der Waals surface area (Å²) in [6.07, 6.45) is 2.65. The lowest BCUT2D eigenvalue weighted by atomic mass is 9.84. The topological polar surface area (TPSA) is 106 Å². The Labute approximate surface area is 210 Å². The van der Waals surface area contributed by atoms with Gasteiger partial charge in [-0.2, -0.15) is 0 Å². The van der Waals surface area contributed by atoms with Crippen molar-refractivity contribution in [2.24, 2.45) is 5.92 Å². The van der Waals surface area contributed by atoms with Gasteiger partial charge in [0.25, 0.3) is 0 Å². The van der Waals surface area contributed by atoms with Crippen molar-refractivity contribution in [1.29, 1.82) is 0 Å². The molecule has 2 N–H and O–H groups in total. The molecule has 9 heteroatoms. The van der Waals surface area contributed by atoms with Crippen molar-refractivity contribution in [3.63, 3.8) is 0 Å². The van der Waals surface area contributed by atoms with Gasteiger partial charge < -0.3 is 29.7 Å². The maximum Gasteiger partial charge on any atom is 0.239 e. The molecule has 0 saturated heterocycles. The molecule has 1 saturated carbocycles. The zero-order chi connectivity index (χ0) is 25.1. The number of anilines is 1. The highest BCUT2D eigenvalue weighted by Crippen LogP contribution is 2.41. The van der Waals surface area contributed by atoms with E-state index in [-0.39, 0.29) is 42.7 Å². The van der Waals surface area contributed by atoms with Crippen LogP contribution in [0.1, 0.15) is 42.7 Å². The summed E-state index contributed by atoms with van der Waals surface area (Å²) in [5, 5.41) is 5.77. The van der Waals surface area contributed by atoms with Gasteiger partial charge in [0.15, 0.2) is 11.5 Å². The number of rotatable bonds is 2. The SMILES string of the molecule is COc1ccc2cc1OCCCN(C(=O)C1CC1)CC(=O)NCCOc1ccc3c(c1)NC(=O)CC23. The minimum Gasteiger partial charge on any atom is -0.493 e. The monoisotopic (exact) mass is 493 g/mol. The molecule has 1 aliphatic carbocycles. The number of amides is 3. The van der Waals surface area contributed by atoms with Crippen LogP contribution < -0.4 is 24.8 Å². The Morgan fingerprint density at radius 2 is 1.92 bits per heavy atom. The molecule has 1 fully saturated rings. The molecule has 1 atom stereocenters. The molecule has 0 radical (unpaired) electrons. The summed E-state index contributed by atoms with van der Waals surface area (Å²) in [5.41, 5.74) is 2.66. The van der Waals surface area contributed by atoms with Crippen LogP contribution in [-0.2, 0) is 14.4 Å². The highest BCUT2D eigenvalue weighted by atomic mass is 16.5. The molecular weight excluding hydrogens is 462 g/mol. The first-order valence-corrected chi connectivity index (χ1v) is 12.4. The first-order valence-electron chi connectivity index (χ1n) is 12.4. The molecule has 2 aromatic carbocycles. The maximum absolute atomic E-state index is 12.7. The Morgan fingerprint density at radius 1 is 1.06 bits per heavy atom. The van der Waals surface area contributed by atoms with Crippen molar-refractivity contribution in [3.05, 3.63) is 47.5 Å². The van der Waals surface area contributed by atoms with Gasteiger partial charge >= 0.3 is 0 Å². The highest BCUT2D eigenvalue weighted by Gasteiger charge is 2.34. The Hall–Kier alpha value is -3.75. The lowest BCUT2D eigenvalue weighted by Gasteiger charge is -2.27. The van der Waals surface area contributed by atoms with E-state index in [4.69, 9.17) is 14.2 Å². The fourth-order valence-electron chi connectivity index (χ4n) is 4.74. The Balaban J connectivity index is 1.43. The smallest absolute Gasteiger partial charge is 0.239 e. The van der Waals surface area contributed by atoms with Gasteiger partial charge in [0.05, 0.1) is 26.8 Å². The predicted molar refractivity (Wildman–Crippen MR) is 132 cm³/mol. The Bertz CT molecular complexity index is 1160. The van der Waals surface area contributed by atoms with Gasteiger partial charge in [-0.05, 0) is 48.6 Å². The van der Waals surface area contributed by atoms with E-state index >= 15 is 0 Å². The molecule has 6 bridgehead atoms. The predicted octanol–water partition coefficient (Wildman–Crippen LogP) is 2.69. The first-order chi connectivity index (χ1) is 17.5. The van der Waals surface area contributed by atoms with Gasteiger partial charge in [-0.25, -0.2) is 0 Å². The van der Waals surface area contributed by atoms with E-state index in [2.05, 4.69) is 10.6 Å². The van der Waals surface area contributed by atoms with E-state index in [1.165, 1.54) is 0 Å². The van der Waals surface area contributed by atoms with E-state index in [9.17, 15) is 14.4 Å². The molecule has 0 aromatic heterocycles. The van der Waals surface area contributed by atoms with Crippen molar-refractivity contribution >= 4 is 23.4 Å². The quantitative estimate of drug-likeness (QED) is 0.623. The van der Waals surface area contributed by atoms with Crippen LogP contribution in [-0.4, -0.2) is 62.6 Å². The number of nitrogens with zero attached hydrogens (tertiary/aromatic N) is 1. The Morgan fingerprint density at radius 3 is 2.72 bits per heavy atom. The zero-order valence-corrected chi connectivity index (χ0v) is 20.4. The minimum absolute atomic E-state index is 0.0146. The molecule has 9 nitrogen and oxygen atoms in total. The lowest BCUT2D eigenvalue weighted by Crippen LogP contribution is -2.43. The molecule has 190 valence electrons. The lowest BCUT2D eigenvalue weighted by molar-refractivity contribution is -0.137. The average Bonchev–Trinajstić information content (AvgIpc) is 3.72. The third kappa shape index (κ3) is 5.40. The molecule has 0 spiro atoms. The highest BCUT2D eigenvalue weighted by molar-refractivity contribution is 5.95. The van der Waals surface area contributed by atoms with Crippen LogP contribution in [0.15, 0.2) is 36.4 Å². The summed E-state index contributed by atoms with van der Waals surface area (Å²) in [4.78, 5) is 39.4. The summed E-state index contributed by atoms with van der Waals surface area (Å²) in [7, 11) is 1.59. The van der Waals surface area contributed by atoms with Crippen molar-refractivity contribution in [3.8, 4) is 17.2 Å². The van der Waals surface area contributed by atoms with Gasteiger partial charge in [-0.15, -0.1) is 0 Å². The van der Waals surface area contributed by atoms with Crippen molar-refractivity contribution in [2.45, 2.75) is 31.6 Å². The molecule has 3 amide bonds. The molecule has 36 heavy (non-hydrogen) atoms. The third-order valence-corrected chi connectivity index (χ3v) is 6.75. The van der Waals surface area contributed by atoms with Crippen LogP contribution in [0.4, 0.5) is 5.69 Å². The zero-order valence-electron chi connectivity index (χ0n) is 20.4. The standard InChI is InChI=1S/C27H31N3O6/c1-34-23-8-5-18-13-24(23)36-11-2-10-30(27(33)17-3-4-17)16-26(32)28-9-12-35-19-6-7-20-21(18)15-25(31)29-22(20)14-19/h5-8,13-14,17,21H,2-4,9-12,15-16H2,1H3,(H,28,32)(H,29,31). The van der Waals surface area contributed by atoms with Gasteiger partial charge in [0.2, 0.25) is 17.7 Å². The second kappa shape index (κ2) is 10.5. The number of hydrogen-bond donors (Lipinski definition) is 2. The van der Waals surface area contributed by atoms with E-state index in [1.807, 2.05) is 36.4 Å². The number of ether oxygens (including phenoxy) is 3. The third-order valence-electron chi connectivity index (χ3n) is 6.75. The van der Waals surface area contributed by atoms with E-state index in [0.29, 0.717) is 55.5 Å². The normalized spacial score (nSPS) is 20.6. The Kier molecular flexibility index (Phi) is 6.97. The maximum atomic E-state index is 12.7. The van der Waals surface area contributed by atoms with Crippen LogP contribution >= 0.6 is 0 Å². The number of benzene rings is 2. The van der Waals surface area contributed by atoms with Gasteiger partial charge in [-0.1, -0.05) is 12.1 Å². The van der Waals surface area contributed by atoms with Crippen LogP contribution in [0.3, 0.4) is 0 Å². The first kappa shape index (κ1) is 24.0. The van der Waals surface area contributed by atoms with Crippen molar-refractivity contribution in [2.75, 3.05) is 45.3 Å². The van der Waals surface area contributed by atoms with Crippen LogP contribution in [0, 0.1) is 5.92 Å². The average molecular weight is 494 g/mol. The number of methoxy groups -OCH3 is 1.